The number of halogens is 1. The number of thiazole rings is 1. The normalized spacial score (nSPS) is 10.8. The van der Waals surface area contributed by atoms with E-state index in [0.717, 1.165) is 26.4 Å². The van der Waals surface area contributed by atoms with E-state index in [0.29, 0.717) is 0 Å². The van der Waals surface area contributed by atoms with Crippen molar-refractivity contribution < 1.29 is 13.9 Å². The Morgan fingerprint density at radius 1 is 1.29 bits per heavy atom. The van der Waals surface area contributed by atoms with Crippen LogP contribution in [0, 0.1) is 5.82 Å². The zero-order valence-corrected chi connectivity index (χ0v) is 12.1. The number of benzene rings is 2. The molecule has 1 heterocycles. The smallest absolute Gasteiger partial charge is 0.310 e. The maximum absolute atomic E-state index is 13.3. The minimum absolute atomic E-state index is 0.191. The van der Waals surface area contributed by atoms with Gasteiger partial charge in [-0.05, 0) is 23.8 Å². The summed E-state index contributed by atoms with van der Waals surface area (Å²) in [6.45, 7) is 0. The molecule has 0 amide bonds. The van der Waals surface area contributed by atoms with Crippen molar-refractivity contribution in [3.63, 3.8) is 0 Å². The lowest BCUT2D eigenvalue weighted by molar-refractivity contribution is -0.139. The molecule has 0 aliphatic rings. The Kier molecular flexibility index (Phi) is 3.66. The third-order valence-corrected chi connectivity index (χ3v) is 4.21. The van der Waals surface area contributed by atoms with Crippen LogP contribution in [-0.2, 0) is 16.0 Å². The molecule has 0 aliphatic carbocycles. The molecule has 0 unspecified atom stereocenters. The highest BCUT2D eigenvalue weighted by atomic mass is 32.1. The Bertz CT molecular complexity index is 813. The van der Waals surface area contributed by atoms with Crippen molar-refractivity contribution in [1.82, 2.24) is 4.98 Å². The molecule has 0 radical (unpaired) electrons. The molecule has 106 valence electrons. The van der Waals surface area contributed by atoms with Gasteiger partial charge in [-0.3, -0.25) is 4.79 Å². The molecule has 0 spiro atoms. The molecule has 3 nitrogen and oxygen atoms in total. The largest absolute Gasteiger partial charge is 0.469 e. The van der Waals surface area contributed by atoms with Crippen molar-refractivity contribution in [3.8, 4) is 10.6 Å². The lowest BCUT2D eigenvalue weighted by Gasteiger charge is -2.05. The molecule has 0 saturated carbocycles. The highest BCUT2D eigenvalue weighted by molar-refractivity contribution is 7.21. The molecule has 2 aromatic carbocycles. The summed E-state index contributed by atoms with van der Waals surface area (Å²) in [6.07, 6.45) is 0.191. The van der Waals surface area contributed by atoms with E-state index >= 15 is 0 Å². The first kappa shape index (κ1) is 13.7. The molecule has 0 fully saturated rings. The monoisotopic (exact) mass is 301 g/mol. The van der Waals surface area contributed by atoms with Crippen LogP contribution in [0.25, 0.3) is 20.8 Å². The maximum Gasteiger partial charge on any atom is 0.310 e. The van der Waals surface area contributed by atoms with Crippen molar-refractivity contribution in [3.05, 3.63) is 53.8 Å². The first-order valence-electron chi connectivity index (χ1n) is 6.38. The number of methoxy groups -OCH3 is 1. The van der Waals surface area contributed by atoms with Gasteiger partial charge in [0.2, 0.25) is 0 Å². The first-order valence-corrected chi connectivity index (χ1v) is 7.20. The predicted molar refractivity (Wildman–Crippen MR) is 80.7 cm³/mol. The van der Waals surface area contributed by atoms with Gasteiger partial charge in [0.05, 0.1) is 23.7 Å². The Hall–Kier alpha value is -2.27. The number of hydrogen-bond donors (Lipinski definition) is 0. The third-order valence-electron chi connectivity index (χ3n) is 3.16. The van der Waals surface area contributed by atoms with Crippen molar-refractivity contribution in [2.45, 2.75) is 6.42 Å². The second kappa shape index (κ2) is 5.61. The molecule has 21 heavy (non-hydrogen) atoms. The fraction of sp³-hybridized carbons (Fsp3) is 0.125. The summed E-state index contributed by atoms with van der Waals surface area (Å²) >= 11 is 1.41. The summed E-state index contributed by atoms with van der Waals surface area (Å²) in [7, 11) is 1.37. The van der Waals surface area contributed by atoms with Crippen LogP contribution >= 0.6 is 11.3 Å². The summed E-state index contributed by atoms with van der Waals surface area (Å²) in [5, 5.41) is 0.773. The SMILES string of the molecule is COC(=O)Cc1ccccc1-c1nc2ccc(F)cc2s1. The van der Waals surface area contributed by atoms with Gasteiger partial charge in [0.1, 0.15) is 10.8 Å². The van der Waals surface area contributed by atoms with Crippen LogP contribution < -0.4 is 0 Å². The molecule has 0 atom stereocenters. The van der Waals surface area contributed by atoms with E-state index in [4.69, 9.17) is 4.74 Å². The fourth-order valence-electron chi connectivity index (χ4n) is 2.12. The van der Waals surface area contributed by atoms with Crippen LogP contribution in [0.2, 0.25) is 0 Å². The maximum atomic E-state index is 13.3. The number of esters is 1. The van der Waals surface area contributed by atoms with E-state index in [9.17, 15) is 9.18 Å². The number of carbonyl (C=O) groups excluding carboxylic acids is 1. The molecule has 3 aromatic rings. The summed E-state index contributed by atoms with van der Waals surface area (Å²) in [5.41, 5.74) is 2.48. The van der Waals surface area contributed by atoms with Crippen LogP contribution in [0.4, 0.5) is 4.39 Å². The van der Waals surface area contributed by atoms with E-state index in [1.54, 1.807) is 6.07 Å². The van der Waals surface area contributed by atoms with Crippen LogP contribution in [0.1, 0.15) is 5.56 Å². The van der Waals surface area contributed by atoms with Gasteiger partial charge >= 0.3 is 5.97 Å². The van der Waals surface area contributed by atoms with Crippen molar-refractivity contribution in [1.29, 1.82) is 0 Å². The van der Waals surface area contributed by atoms with Crippen molar-refractivity contribution in [2.24, 2.45) is 0 Å². The van der Waals surface area contributed by atoms with Crippen LogP contribution in [0.5, 0.6) is 0 Å². The second-order valence-corrected chi connectivity index (χ2v) is 5.57. The van der Waals surface area contributed by atoms with E-state index in [1.807, 2.05) is 24.3 Å². The minimum Gasteiger partial charge on any atom is -0.469 e. The summed E-state index contributed by atoms with van der Waals surface area (Å²) in [4.78, 5) is 16.0. The number of fused-ring (bicyclic) bond motifs is 1. The van der Waals surface area contributed by atoms with E-state index in [1.165, 1.54) is 30.6 Å². The topological polar surface area (TPSA) is 39.2 Å². The number of aromatic nitrogens is 1. The standard InChI is InChI=1S/C16H12FNO2S/c1-20-15(19)8-10-4-2-3-5-12(10)16-18-13-7-6-11(17)9-14(13)21-16/h2-7,9H,8H2,1H3. The summed E-state index contributed by atoms with van der Waals surface area (Å²) < 4.78 is 18.8. The van der Waals surface area contributed by atoms with Crippen molar-refractivity contribution in [2.75, 3.05) is 7.11 Å². The molecule has 5 heteroatoms. The number of nitrogens with zero attached hydrogens (tertiary/aromatic N) is 1. The van der Waals surface area contributed by atoms with Crippen LogP contribution in [0.15, 0.2) is 42.5 Å². The van der Waals surface area contributed by atoms with Crippen LogP contribution in [-0.4, -0.2) is 18.1 Å². The van der Waals surface area contributed by atoms with Crippen LogP contribution in [0.3, 0.4) is 0 Å². The lowest BCUT2D eigenvalue weighted by atomic mass is 10.1. The first-order chi connectivity index (χ1) is 10.2. The molecule has 0 saturated heterocycles. The molecule has 0 aliphatic heterocycles. The van der Waals surface area contributed by atoms with E-state index in [2.05, 4.69) is 4.98 Å². The molecule has 3 rings (SSSR count). The minimum atomic E-state index is -0.297. The zero-order valence-electron chi connectivity index (χ0n) is 11.3. The number of ether oxygens (including phenoxy) is 1. The van der Waals surface area contributed by atoms with E-state index in [-0.39, 0.29) is 18.2 Å². The van der Waals surface area contributed by atoms with Crippen molar-refractivity contribution >= 4 is 27.5 Å². The Morgan fingerprint density at radius 3 is 2.90 bits per heavy atom. The highest BCUT2D eigenvalue weighted by Gasteiger charge is 2.13. The number of carbonyl (C=O) groups is 1. The average Bonchev–Trinajstić information content (AvgIpc) is 2.90. The molecule has 1 aromatic heterocycles. The van der Waals surface area contributed by atoms with Gasteiger partial charge in [-0.25, -0.2) is 9.37 Å². The lowest BCUT2D eigenvalue weighted by Crippen LogP contribution is -2.05. The quantitative estimate of drug-likeness (QED) is 0.690. The molecular formula is C16H12FNO2S. The Morgan fingerprint density at radius 2 is 2.10 bits per heavy atom. The van der Waals surface area contributed by atoms with Gasteiger partial charge in [-0.15, -0.1) is 11.3 Å². The zero-order chi connectivity index (χ0) is 14.8. The summed E-state index contributed by atoms with van der Waals surface area (Å²) in [6, 6.07) is 12.1. The molecular weight excluding hydrogens is 289 g/mol. The average molecular weight is 301 g/mol. The molecule has 0 N–H and O–H groups in total. The number of hydrogen-bond acceptors (Lipinski definition) is 4. The second-order valence-electron chi connectivity index (χ2n) is 4.54. The molecule has 0 bridgehead atoms. The third kappa shape index (κ3) is 2.78. The Labute approximate surface area is 125 Å². The number of rotatable bonds is 3. The van der Waals surface area contributed by atoms with Gasteiger partial charge in [0, 0.05) is 5.56 Å². The predicted octanol–water partition coefficient (Wildman–Crippen LogP) is 3.82. The van der Waals surface area contributed by atoms with E-state index < -0.39 is 0 Å². The fourth-order valence-corrected chi connectivity index (χ4v) is 3.18. The van der Waals surface area contributed by atoms with Gasteiger partial charge in [0.15, 0.2) is 0 Å². The van der Waals surface area contributed by atoms with Gasteiger partial charge in [-0.1, -0.05) is 24.3 Å². The van der Waals surface area contributed by atoms with Gasteiger partial charge in [-0.2, -0.15) is 0 Å². The van der Waals surface area contributed by atoms with Gasteiger partial charge in [0.25, 0.3) is 0 Å². The summed E-state index contributed by atoms with van der Waals surface area (Å²) in [5.74, 6) is -0.574. The highest BCUT2D eigenvalue weighted by Crippen LogP contribution is 2.32. The Balaban J connectivity index is 2.07. The van der Waals surface area contributed by atoms with Gasteiger partial charge < -0.3 is 4.74 Å².